The number of ether oxygens (including phenoxy) is 1. The molecule has 7 nitrogen and oxygen atoms in total. The van der Waals surface area contributed by atoms with Crippen LogP contribution < -0.4 is 10.6 Å². The molecule has 0 aliphatic heterocycles. The third-order valence-corrected chi connectivity index (χ3v) is 6.00. The number of halogens is 1. The van der Waals surface area contributed by atoms with Crippen molar-refractivity contribution in [3.8, 4) is 11.1 Å². The van der Waals surface area contributed by atoms with Gasteiger partial charge in [-0.3, -0.25) is 4.79 Å². The van der Waals surface area contributed by atoms with Gasteiger partial charge in [-0.2, -0.15) is 0 Å². The number of aromatic carboxylic acids is 1. The van der Waals surface area contributed by atoms with Gasteiger partial charge in [-0.25, -0.2) is 14.0 Å². The van der Waals surface area contributed by atoms with Crippen molar-refractivity contribution < 1.29 is 28.6 Å². The predicted octanol–water partition coefficient (Wildman–Crippen LogP) is 5.17. The first-order chi connectivity index (χ1) is 16.9. The van der Waals surface area contributed by atoms with Gasteiger partial charge in [0.1, 0.15) is 18.5 Å². The van der Waals surface area contributed by atoms with Crippen LogP contribution in [0.25, 0.3) is 11.1 Å². The van der Waals surface area contributed by atoms with Gasteiger partial charge in [0.05, 0.1) is 11.3 Å². The quantitative estimate of drug-likeness (QED) is 0.416. The third kappa shape index (κ3) is 5.16. The van der Waals surface area contributed by atoms with Crippen molar-refractivity contribution in [2.45, 2.75) is 31.7 Å². The van der Waals surface area contributed by atoms with Crippen molar-refractivity contribution in [2.24, 2.45) is 0 Å². The average molecular weight is 477 g/mol. The number of hydrogen-bond donors (Lipinski definition) is 3. The van der Waals surface area contributed by atoms with Crippen LogP contribution in [0.5, 0.6) is 0 Å². The summed E-state index contributed by atoms with van der Waals surface area (Å²) in [7, 11) is 0. The Hall–Kier alpha value is -4.20. The van der Waals surface area contributed by atoms with Gasteiger partial charge < -0.3 is 20.5 Å². The number of nitrogens with one attached hydrogen (secondary N) is 2. The Bertz CT molecular complexity index is 1230. The van der Waals surface area contributed by atoms with Gasteiger partial charge in [-0.05, 0) is 46.9 Å². The molecular formula is C27H25FN2O5. The molecule has 2 amide bonds. The van der Waals surface area contributed by atoms with E-state index in [2.05, 4.69) is 10.6 Å². The number of carboxylic acids is 1. The number of hydrogen-bond acceptors (Lipinski definition) is 4. The Morgan fingerprint density at radius 1 is 1.00 bits per heavy atom. The lowest BCUT2D eigenvalue weighted by Gasteiger charge is -2.19. The fourth-order valence-corrected chi connectivity index (χ4v) is 4.31. The van der Waals surface area contributed by atoms with Crippen LogP contribution >= 0.6 is 0 Å². The molecule has 3 aromatic rings. The highest BCUT2D eigenvalue weighted by Gasteiger charge is 2.29. The van der Waals surface area contributed by atoms with E-state index in [9.17, 15) is 18.8 Å². The Labute approximate surface area is 201 Å². The number of anilines is 1. The summed E-state index contributed by atoms with van der Waals surface area (Å²) in [6, 6.07) is 18.2. The molecule has 1 atom stereocenters. The summed E-state index contributed by atoms with van der Waals surface area (Å²) in [5.74, 6) is -2.90. The molecule has 0 saturated carbocycles. The van der Waals surface area contributed by atoms with E-state index in [1.165, 1.54) is 12.1 Å². The molecule has 8 heteroatoms. The standard InChI is InChI=1S/C27H25FN2O5/c1-2-7-24(25(31)29-23-13-12-16(26(32)33)14-22(23)28)30-27(34)35-15-21-19-10-5-3-8-17(19)18-9-4-6-11-20(18)21/h3-6,8-14,21,24H,2,7,15H2,1H3,(H,29,31)(H,30,34)(H,32,33)/t24-/m1/s1. The summed E-state index contributed by atoms with van der Waals surface area (Å²) in [6.45, 7) is 1.95. The Balaban J connectivity index is 1.41. The van der Waals surface area contributed by atoms with Crippen LogP contribution in [0.15, 0.2) is 66.7 Å². The molecule has 0 spiro atoms. The third-order valence-electron chi connectivity index (χ3n) is 6.00. The lowest BCUT2D eigenvalue weighted by atomic mass is 9.98. The monoisotopic (exact) mass is 476 g/mol. The molecule has 1 aliphatic rings. The highest BCUT2D eigenvalue weighted by Crippen LogP contribution is 2.44. The molecule has 3 N–H and O–H groups in total. The zero-order valence-corrected chi connectivity index (χ0v) is 19.1. The maximum Gasteiger partial charge on any atom is 0.407 e. The topological polar surface area (TPSA) is 105 Å². The molecule has 0 aromatic heterocycles. The van der Waals surface area contributed by atoms with Gasteiger partial charge in [0, 0.05) is 5.92 Å². The highest BCUT2D eigenvalue weighted by molar-refractivity contribution is 5.97. The van der Waals surface area contributed by atoms with Crippen LogP contribution in [0.3, 0.4) is 0 Å². The lowest BCUT2D eigenvalue weighted by Crippen LogP contribution is -2.44. The molecule has 3 aromatic carbocycles. The Morgan fingerprint density at radius 2 is 1.63 bits per heavy atom. The minimum Gasteiger partial charge on any atom is -0.478 e. The maximum atomic E-state index is 14.2. The molecule has 0 fully saturated rings. The van der Waals surface area contributed by atoms with E-state index in [-0.39, 0.29) is 23.8 Å². The molecule has 0 radical (unpaired) electrons. The van der Waals surface area contributed by atoms with Gasteiger partial charge in [0.25, 0.3) is 0 Å². The number of rotatable bonds is 8. The summed E-state index contributed by atoms with van der Waals surface area (Å²) in [5.41, 5.74) is 3.96. The summed E-state index contributed by atoms with van der Waals surface area (Å²) >= 11 is 0. The second-order valence-corrected chi connectivity index (χ2v) is 8.30. The van der Waals surface area contributed by atoms with Crippen molar-refractivity contribution >= 4 is 23.7 Å². The predicted molar refractivity (Wildman–Crippen MR) is 129 cm³/mol. The number of carboxylic acid groups (broad SMARTS) is 1. The van der Waals surface area contributed by atoms with Gasteiger partial charge in [0.2, 0.25) is 5.91 Å². The van der Waals surface area contributed by atoms with E-state index < -0.39 is 29.8 Å². The number of carbonyl (C=O) groups excluding carboxylic acids is 2. The first kappa shape index (κ1) is 23.9. The second kappa shape index (κ2) is 10.4. The van der Waals surface area contributed by atoms with Crippen molar-refractivity contribution in [2.75, 3.05) is 11.9 Å². The van der Waals surface area contributed by atoms with Crippen LogP contribution in [0.1, 0.15) is 47.2 Å². The van der Waals surface area contributed by atoms with Crippen LogP contribution in [-0.2, 0) is 9.53 Å². The minimum absolute atomic E-state index is 0.103. The van der Waals surface area contributed by atoms with Crippen LogP contribution in [0, 0.1) is 5.82 Å². The zero-order chi connectivity index (χ0) is 24.9. The van der Waals surface area contributed by atoms with Crippen LogP contribution in [0.4, 0.5) is 14.9 Å². The second-order valence-electron chi connectivity index (χ2n) is 8.30. The van der Waals surface area contributed by atoms with E-state index in [0.29, 0.717) is 12.8 Å². The van der Waals surface area contributed by atoms with Gasteiger partial charge in [0.15, 0.2) is 0 Å². The summed E-state index contributed by atoms with van der Waals surface area (Å²) in [4.78, 5) is 36.3. The number of benzene rings is 3. The summed E-state index contributed by atoms with van der Waals surface area (Å²) in [6.07, 6.45) is 0.148. The first-order valence-corrected chi connectivity index (χ1v) is 11.3. The Morgan fingerprint density at radius 3 is 2.20 bits per heavy atom. The highest BCUT2D eigenvalue weighted by atomic mass is 19.1. The SMILES string of the molecule is CCC[C@@H](NC(=O)OCC1c2ccccc2-c2ccccc21)C(=O)Nc1ccc(C(=O)O)cc1F. The molecule has 180 valence electrons. The molecular weight excluding hydrogens is 451 g/mol. The number of fused-ring (bicyclic) bond motifs is 3. The maximum absolute atomic E-state index is 14.2. The van der Waals surface area contributed by atoms with E-state index in [4.69, 9.17) is 9.84 Å². The summed E-state index contributed by atoms with van der Waals surface area (Å²) in [5, 5.41) is 13.9. The van der Waals surface area contributed by atoms with Crippen molar-refractivity contribution in [3.63, 3.8) is 0 Å². The van der Waals surface area contributed by atoms with Crippen molar-refractivity contribution in [3.05, 3.63) is 89.2 Å². The largest absolute Gasteiger partial charge is 0.478 e. The molecule has 0 bridgehead atoms. The van der Waals surface area contributed by atoms with E-state index >= 15 is 0 Å². The lowest BCUT2D eigenvalue weighted by molar-refractivity contribution is -0.118. The van der Waals surface area contributed by atoms with E-state index in [1.807, 2.05) is 55.5 Å². The number of carbonyl (C=O) groups is 3. The fourth-order valence-electron chi connectivity index (χ4n) is 4.31. The van der Waals surface area contributed by atoms with Gasteiger partial charge in [-0.15, -0.1) is 0 Å². The number of amides is 2. The Kier molecular flexibility index (Phi) is 7.10. The number of alkyl carbamates (subject to hydrolysis) is 1. The molecule has 0 unspecified atom stereocenters. The first-order valence-electron chi connectivity index (χ1n) is 11.3. The molecule has 35 heavy (non-hydrogen) atoms. The van der Waals surface area contributed by atoms with Crippen LogP contribution in [-0.4, -0.2) is 35.7 Å². The summed E-state index contributed by atoms with van der Waals surface area (Å²) < 4.78 is 19.7. The minimum atomic E-state index is -1.28. The molecule has 0 heterocycles. The molecule has 4 rings (SSSR count). The normalized spacial score (nSPS) is 12.9. The molecule has 1 aliphatic carbocycles. The average Bonchev–Trinajstić information content (AvgIpc) is 3.17. The zero-order valence-electron chi connectivity index (χ0n) is 19.1. The van der Waals surface area contributed by atoms with Crippen molar-refractivity contribution in [1.82, 2.24) is 5.32 Å². The van der Waals surface area contributed by atoms with Gasteiger partial charge >= 0.3 is 12.1 Å². The molecule has 0 saturated heterocycles. The van der Waals surface area contributed by atoms with E-state index in [1.54, 1.807) is 0 Å². The smallest absolute Gasteiger partial charge is 0.407 e. The van der Waals surface area contributed by atoms with E-state index in [0.717, 1.165) is 28.3 Å². The fraction of sp³-hybridized carbons (Fsp3) is 0.222. The van der Waals surface area contributed by atoms with Gasteiger partial charge in [-0.1, -0.05) is 61.9 Å². The van der Waals surface area contributed by atoms with Crippen molar-refractivity contribution in [1.29, 1.82) is 0 Å². The van der Waals surface area contributed by atoms with Crippen LogP contribution in [0.2, 0.25) is 0 Å².